The van der Waals surface area contributed by atoms with Crippen LogP contribution < -0.4 is 0 Å². The first-order valence-corrected chi connectivity index (χ1v) is 7.03. The number of methoxy groups -OCH3 is 1. The highest BCUT2D eigenvalue weighted by atomic mass is 16.5. The first kappa shape index (κ1) is 17.2. The highest BCUT2D eigenvalue weighted by Gasteiger charge is 2.15. The fourth-order valence-electron chi connectivity index (χ4n) is 2.06. The summed E-state index contributed by atoms with van der Waals surface area (Å²) in [5, 5.41) is 8.98. The number of aromatic carboxylic acids is 1. The predicted molar refractivity (Wildman–Crippen MR) is 80.4 cm³/mol. The second kappa shape index (κ2) is 8.42. The van der Waals surface area contributed by atoms with E-state index in [1.54, 1.807) is 30.2 Å². The molecule has 1 aromatic carbocycles. The van der Waals surface area contributed by atoms with Gasteiger partial charge in [-0.3, -0.25) is 4.79 Å². The topological polar surface area (TPSA) is 66.8 Å². The van der Waals surface area contributed by atoms with Gasteiger partial charge < -0.3 is 14.7 Å². The lowest BCUT2D eigenvalue weighted by Gasteiger charge is -2.24. The Bertz CT molecular complexity index is 485. The van der Waals surface area contributed by atoms with E-state index in [1.807, 2.05) is 0 Å². The molecule has 0 heterocycles. The first-order chi connectivity index (χ1) is 9.93. The van der Waals surface area contributed by atoms with Gasteiger partial charge in [-0.05, 0) is 23.6 Å². The Morgan fingerprint density at radius 3 is 2.62 bits per heavy atom. The molecule has 0 radical (unpaired) electrons. The summed E-state index contributed by atoms with van der Waals surface area (Å²) in [4.78, 5) is 25.1. The largest absolute Gasteiger partial charge is 0.478 e. The molecule has 1 N–H and O–H groups in total. The van der Waals surface area contributed by atoms with Gasteiger partial charge in [0, 0.05) is 20.2 Å². The van der Waals surface area contributed by atoms with E-state index in [0.717, 1.165) is 0 Å². The minimum absolute atomic E-state index is 0.0108. The molecule has 116 valence electrons. The third-order valence-electron chi connectivity index (χ3n) is 3.03. The third kappa shape index (κ3) is 5.95. The number of carboxylic acid groups (broad SMARTS) is 1. The maximum Gasteiger partial charge on any atom is 0.335 e. The Hall–Kier alpha value is -1.88. The smallest absolute Gasteiger partial charge is 0.335 e. The molecule has 0 saturated heterocycles. The van der Waals surface area contributed by atoms with Crippen LogP contribution in [0.2, 0.25) is 0 Å². The van der Waals surface area contributed by atoms with E-state index in [1.165, 1.54) is 6.07 Å². The number of amides is 1. The van der Waals surface area contributed by atoms with Crippen molar-refractivity contribution in [2.24, 2.45) is 5.92 Å². The Balaban J connectivity index is 2.75. The minimum atomic E-state index is -0.984. The normalized spacial score (nSPS) is 10.7. The van der Waals surface area contributed by atoms with Crippen LogP contribution in [0.1, 0.15) is 29.8 Å². The number of hydrogen-bond donors (Lipinski definition) is 1. The van der Waals surface area contributed by atoms with Crippen molar-refractivity contribution in [2.75, 3.05) is 26.8 Å². The summed E-state index contributed by atoms with van der Waals surface area (Å²) >= 11 is 0. The molecule has 0 aliphatic carbocycles. The van der Waals surface area contributed by atoms with E-state index in [0.29, 0.717) is 31.2 Å². The lowest BCUT2D eigenvalue weighted by molar-refractivity contribution is -0.131. The number of rotatable bonds is 8. The number of nitrogens with zero attached hydrogens (tertiary/aromatic N) is 1. The number of carbonyl (C=O) groups excluding carboxylic acids is 1. The summed E-state index contributed by atoms with van der Waals surface area (Å²) in [6.07, 6.45) is 0.206. The number of ether oxygens (including phenoxy) is 1. The quantitative estimate of drug-likeness (QED) is 0.796. The third-order valence-corrected chi connectivity index (χ3v) is 3.03. The molecule has 0 unspecified atom stereocenters. The first-order valence-electron chi connectivity index (χ1n) is 7.03. The second-order valence-corrected chi connectivity index (χ2v) is 5.41. The summed E-state index contributed by atoms with van der Waals surface area (Å²) in [5.41, 5.74) is 0.915. The summed E-state index contributed by atoms with van der Waals surface area (Å²) in [6.45, 7) is 5.82. The van der Waals surface area contributed by atoms with E-state index in [9.17, 15) is 9.59 Å². The Morgan fingerprint density at radius 1 is 1.33 bits per heavy atom. The molecule has 0 bridgehead atoms. The van der Waals surface area contributed by atoms with Crippen LogP contribution in [0.15, 0.2) is 24.3 Å². The van der Waals surface area contributed by atoms with Gasteiger partial charge in [0.1, 0.15) is 0 Å². The van der Waals surface area contributed by atoms with Crippen molar-refractivity contribution in [3.8, 4) is 0 Å². The van der Waals surface area contributed by atoms with Crippen LogP contribution in [0.3, 0.4) is 0 Å². The lowest BCUT2D eigenvalue weighted by atomic mass is 10.1. The molecule has 0 aliphatic rings. The van der Waals surface area contributed by atoms with Gasteiger partial charge in [0.05, 0.1) is 18.6 Å². The molecule has 0 aliphatic heterocycles. The van der Waals surface area contributed by atoms with Crippen molar-refractivity contribution < 1.29 is 19.4 Å². The number of hydrogen-bond acceptors (Lipinski definition) is 3. The van der Waals surface area contributed by atoms with E-state index in [-0.39, 0.29) is 17.9 Å². The maximum atomic E-state index is 12.4. The number of benzene rings is 1. The van der Waals surface area contributed by atoms with Gasteiger partial charge >= 0.3 is 5.97 Å². The van der Waals surface area contributed by atoms with E-state index >= 15 is 0 Å². The molecule has 1 amide bonds. The molecule has 0 spiro atoms. The monoisotopic (exact) mass is 293 g/mol. The molecular formula is C16H23NO4. The fourth-order valence-corrected chi connectivity index (χ4v) is 2.06. The minimum Gasteiger partial charge on any atom is -0.478 e. The molecule has 0 fully saturated rings. The van der Waals surface area contributed by atoms with Gasteiger partial charge in [0.2, 0.25) is 5.91 Å². The Morgan fingerprint density at radius 2 is 2.05 bits per heavy atom. The van der Waals surface area contributed by atoms with Crippen LogP contribution in [-0.2, 0) is 16.0 Å². The predicted octanol–water partition coefficient (Wildman–Crippen LogP) is 2.06. The van der Waals surface area contributed by atoms with Gasteiger partial charge in [-0.25, -0.2) is 4.79 Å². The summed E-state index contributed by atoms with van der Waals surface area (Å²) in [6, 6.07) is 6.50. The molecule has 21 heavy (non-hydrogen) atoms. The van der Waals surface area contributed by atoms with Crippen molar-refractivity contribution in [3.63, 3.8) is 0 Å². The molecule has 0 saturated carbocycles. The van der Waals surface area contributed by atoms with Gasteiger partial charge in [-0.15, -0.1) is 0 Å². The maximum absolute atomic E-state index is 12.4. The average Bonchev–Trinajstić information content (AvgIpc) is 2.43. The number of carboxylic acids is 1. The average molecular weight is 293 g/mol. The summed E-state index contributed by atoms with van der Waals surface area (Å²) in [5.74, 6) is -0.623. The van der Waals surface area contributed by atoms with Crippen LogP contribution in [0.5, 0.6) is 0 Å². The second-order valence-electron chi connectivity index (χ2n) is 5.41. The van der Waals surface area contributed by atoms with Crippen molar-refractivity contribution in [1.82, 2.24) is 4.90 Å². The van der Waals surface area contributed by atoms with Crippen LogP contribution in [0, 0.1) is 5.92 Å². The van der Waals surface area contributed by atoms with Crippen molar-refractivity contribution >= 4 is 11.9 Å². The summed E-state index contributed by atoms with van der Waals surface area (Å²) in [7, 11) is 1.61. The van der Waals surface area contributed by atoms with Crippen LogP contribution >= 0.6 is 0 Å². The van der Waals surface area contributed by atoms with E-state index in [4.69, 9.17) is 9.84 Å². The molecule has 0 aromatic heterocycles. The van der Waals surface area contributed by atoms with Crippen LogP contribution in [0.4, 0.5) is 0 Å². The Kier molecular flexibility index (Phi) is 6.88. The van der Waals surface area contributed by atoms with Crippen molar-refractivity contribution in [1.29, 1.82) is 0 Å². The fraction of sp³-hybridized carbons (Fsp3) is 0.500. The van der Waals surface area contributed by atoms with E-state index < -0.39 is 5.97 Å². The van der Waals surface area contributed by atoms with Gasteiger partial charge in [0.25, 0.3) is 0 Å². The summed E-state index contributed by atoms with van der Waals surface area (Å²) < 4.78 is 5.03. The zero-order valence-corrected chi connectivity index (χ0v) is 12.8. The molecule has 1 rings (SSSR count). The van der Waals surface area contributed by atoms with E-state index in [2.05, 4.69) is 13.8 Å². The Labute approximate surface area is 125 Å². The zero-order valence-electron chi connectivity index (χ0n) is 12.8. The zero-order chi connectivity index (χ0) is 15.8. The molecule has 5 nitrogen and oxygen atoms in total. The van der Waals surface area contributed by atoms with Gasteiger partial charge in [0.15, 0.2) is 0 Å². The van der Waals surface area contributed by atoms with Gasteiger partial charge in [-0.2, -0.15) is 0 Å². The van der Waals surface area contributed by atoms with Crippen molar-refractivity contribution in [2.45, 2.75) is 20.3 Å². The van der Waals surface area contributed by atoms with Gasteiger partial charge in [-0.1, -0.05) is 26.0 Å². The highest BCUT2D eigenvalue weighted by Crippen LogP contribution is 2.09. The van der Waals surface area contributed by atoms with Crippen molar-refractivity contribution in [3.05, 3.63) is 35.4 Å². The molecule has 0 atom stereocenters. The molecular weight excluding hydrogens is 270 g/mol. The number of carbonyl (C=O) groups is 2. The SMILES string of the molecule is COCCN(CC(C)C)C(=O)Cc1cccc(C(=O)O)c1. The lowest BCUT2D eigenvalue weighted by Crippen LogP contribution is -2.37. The van der Waals surface area contributed by atoms with Crippen LogP contribution in [-0.4, -0.2) is 48.7 Å². The molecule has 5 heteroatoms. The molecule has 1 aromatic rings. The standard InChI is InChI=1S/C16H23NO4/c1-12(2)11-17(7-8-21-3)15(18)10-13-5-4-6-14(9-13)16(19)20/h4-6,9,12H,7-8,10-11H2,1-3H3,(H,19,20). The van der Waals surface area contributed by atoms with Crippen LogP contribution in [0.25, 0.3) is 0 Å². The highest BCUT2D eigenvalue weighted by molar-refractivity contribution is 5.88.